The van der Waals surface area contributed by atoms with Crippen molar-refractivity contribution in [3.05, 3.63) is 29.8 Å². The van der Waals surface area contributed by atoms with Gasteiger partial charge in [-0.05, 0) is 30.5 Å². The van der Waals surface area contributed by atoms with Crippen LogP contribution < -0.4 is 4.74 Å². The van der Waals surface area contributed by atoms with E-state index in [1.54, 1.807) is 12.0 Å². The van der Waals surface area contributed by atoms with Gasteiger partial charge in [-0.2, -0.15) is 0 Å². The first kappa shape index (κ1) is 13.0. The number of nitrogens with zero attached hydrogens (tertiary/aromatic N) is 1. The van der Waals surface area contributed by atoms with Crippen molar-refractivity contribution >= 4 is 11.9 Å². The highest BCUT2D eigenvalue weighted by Gasteiger charge is 2.48. The van der Waals surface area contributed by atoms with Crippen molar-refractivity contribution in [1.29, 1.82) is 0 Å². The number of rotatable bonds is 4. The summed E-state index contributed by atoms with van der Waals surface area (Å²) >= 11 is 0. The van der Waals surface area contributed by atoms with Crippen molar-refractivity contribution in [2.45, 2.75) is 38.0 Å². The monoisotopic (exact) mass is 275 g/mol. The number of esters is 1. The van der Waals surface area contributed by atoms with Gasteiger partial charge in [0, 0.05) is 12.5 Å². The Balaban J connectivity index is 1.55. The molecule has 0 radical (unpaired) electrons. The first-order valence-electron chi connectivity index (χ1n) is 6.80. The average molecular weight is 275 g/mol. The molecule has 2 heterocycles. The highest BCUT2D eigenvalue weighted by molar-refractivity contribution is 5.90. The number of hydrogen-bond donors (Lipinski definition) is 0. The highest BCUT2D eigenvalue weighted by Crippen LogP contribution is 2.35. The van der Waals surface area contributed by atoms with Crippen molar-refractivity contribution in [2.75, 3.05) is 7.11 Å². The molecule has 0 aromatic heterocycles. The lowest BCUT2D eigenvalue weighted by Gasteiger charge is -2.37. The fraction of sp³-hybridized carbons (Fsp3) is 0.467. The zero-order valence-electron chi connectivity index (χ0n) is 11.4. The van der Waals surface area contributed by atoms with Gasteiger partial charge in [0.25, 0.3) is 0 Å². The molecule has 1 unspecified atom stereocenters. The molecule has 2 fully saturated rings. The second kappa shape index (κ2) is 5.15. The number of methoxy groups -OCH3 is 1. The molecule has 106 valence electrons. The van der Waals surface area contributed by atoms with Crippen LogP contribution in [-0.4, -0.2) is 36.0 Å². The lowest BCUT2D eigenvalue weighted by Crippen LogP contribution is -2.54. The summed E-state index contributed by atoms with van der Waals surface area (Å²) in [6.07, 6.45) is 2.22. The van der Waals surface area contributed by atoms with Crippen LogP contribution in [0.2, 0.25) is 0 Å². The Bertz CT molecular complexity index is 525. The van der Waals surface area contributed by atoms with Gasteiger partial charge >= 0.3 is 5.97 Å². The molecule has 5 heteroatoms. The van der Waals surface area contributed by atoms with Gasteiger partial charge in [0.15, 0.2) is 0 Å². The van der Waals surface area contributed by atoms with Gasteiger partial charge in [-0.25, -0.2) is 4.79 Å². The third kappa shape index (κ3) is 2.24. The van der Waals surface area contributed by atoms with Crippen LogP contribution in [0.1, 0.15) is 24.8 Å². The van der Waals surface area contributed by atoms with Crippen LogP contribution in [0.3, 0.4) is 0 Å². The van der Waals surface area contributed by atoms with E-state index in [1.165, 1.54) is 0 Å². The smallest absolute Gasteiger partial charge is 0.329 e. The Morgan fingerprint density at radius 2 is 2.05 bits per heavy atom. The predicted octanol–water partition coefficient (Wildman–Crippen LogP) is 1.50. The van der Waals surface area contributed by atoms with E-state index in [9.17, 15) is 9.59 Å². The maximum absolute atomic E-state index is 12.0. The fourth-order valence-electron chi connectivity index (χ4n) is 2.86. The van der Waals surface area contributed by atoms with Gasteiger partial charge in [-0.15, -0.1) is 0 Å². The van der Waals surface area contributed by atoms with Crippen LogP contribution in [0.4, 0.5) is 0 Å². The maximum atomic E-state index is 12.0. The van der Waals surface area contributed by atoms with E-state index in [2.05, 4.69) is 0 Å². The van der Waals surface area contributed by atoms with Gasteiger partial charge in [0.05, 0.1) is 7.11 Å². The standard InChI is InChI=1S/C15H17NO4/c1-19-12-5-2-10(3-6-12)9-20-15(18)13-7-4-11-8-14(17)16(11)13/h2-3,5-6,11,13H,4,7-9H2,1H3/t11-,13?/m1/s1. The summed E-state index contributed by atoms with van der Waals surface area (Å²) in [6.45, 7) is 0.228. The second-order valence-electron chi connectivity index (χ2n) is 5.21. The predicted molar refractivity (Wildman–Crippen MR) is 71.1 cm³/mol. The molecule has 3 rings (SSSR count). The Morgan fingerprint density at radius 3 is 2.70 bits per heavy atom. The number of carbonyl (C=O) groups excluding carboxylic acids is 2. The lowest BCUT2D eigenvalue weighted by atomic mass is 10.0. The average Bonchev–Trinajstić information content (AvgIpc) is 2.82. The zero-order chi connectivity index (χ0) is 14.1. The minimum Gasteiger partial charge on any atom is -0.497 e. The third-order valence-electron chi connectivity index (χ3n) is 4.01. The van der Waals surface area contributed by atoms with Crippen molar-refractivity contribution in [3.63, 3.8) is 0 Å². The molecule has 5 nitrogen and oxygen atoms in total. The summed E-state index contributed by atoms with van der Waals surface area (Å²) in [7, 11) is 1.61. The molecule has 1 aromatic rings. The van der Waals surface area contributed by atoms with Gasteiger partial charge < -0.3 is 14.4 Å². The minimum atomic E-state index is -0.375. The lowest BCUT2D eigenvalue weighted by molar-refractivity contribution is -0.161. The molecule has 0 saturated carbocycles. The molecule has 0 N–H and O–H groups in total. The molecular weight excluding hydrogens is 258 g/mol. The second-order valence-corrected chi connectivity index (χ2v) is 5.21. The first-order valence-corrected chi connectivity index (χ1v) is 6.80. The summed E-state index contributed by atoms with van der Waals surface area (Å²) < 4.78 is 10.4. The number of carbonyl (C=O) groups is 2. The van der Waals surface area contributed by atoms with Crippen molar-refractivity contribution in [3.8, 4) is 5.75 Å². The summed E-state index contributed by atoms with van der Waals surface area (Å²) in [6, 6.07) is 7.26. The zero-order valence-corrected chi connectivity index (χ0v) is 11.4. The van der Waals surface area contributed by atoms with Gasteiger partial charge in [0.2, 0.25) is 5.91 Å². The molecule has 1 aromatic carbocycles. The van der Waals surface area contributed by atoms with Gasteiger partial charge in [-0.1, -0.05) is 12.1 Å². The van der Waals surface area contributed by atoms with Gasteiger partial charge in [-0.3, -0.25) is 4.79 Å². The number of benzene rings is 1. The van der Waals surface area contributed by atoms with E-state index in [0.717, 1.165) is 24.2 Å². The van der Waals surface area contributed by atoms with Crippen LogP contribution in [0.15, 0.2) is 24.3 Å². The van der Waals surface area contributed by atoms with E-state index >= 15 is 0 Å². The molecule has 0 bridgehead atoms. The van der Waals surface area contributed by atoms with Crippen LogP contribution in [0.25, 0.3) is 0 Å². The molecular formula is C15H17NO4. The van der Waals surface area contributed by atoms with Crippen LogP contribution in [0.5, 0.6) is 5.75 Å². The fourth-order valence-corrected chi connectivity index (χ4v) is 2.86. The quantitative estimate of drug-likeness (QED) is 0.617. The van der Waals surface area contributed by atoms with Crippen LogP contribution in [-0.2, 0) is 20.9 Å². The summed E-state index contributed by atoms with van der Waals surface area (Å²) in [5.41, 5.74) is 0.906. The van der Waals surface area contributed by atoms with E-state index in [-0.39, 0.29) is 30.6 Å². The molecule has 2 aliphatic heterocycles. The SMILES string of the molecule is COc1ccc(COC(=O)C2CC[C@@H]3CC(=O)N23)cc1. The molecule has 20 heavy (non-hydrogen) atoms. The Labute approximate surface area is 117 Å². The van der Waals surface area contributed by atoms with E-state index in [0.29, 0.717) is 6.42 Å². The third-order valence-corrected chi connectivity index (χ3v) is 4.01. The molecule has 2 saturated heterocycles. The number of fused-ring (bicyclic) bond motifs is 1. The number of hydrogen-bond acceptors (Lipinski definition) is 4. The van der Waals surface area contributed by atoms with Crippen molar-refractivity contribution < 1.29 is 19.1 Å². The minimum absolute atomic E-state index is 0.0684. The van der Waals surface area contributed by atoms with Crippen molar-refractivity contribution in [1.82, 2.24) is 4.90 Å². The maximum Gasteiger partial charge on any atom is 0.329 e. The molecule has 0 aliphatic carbocycles. The van der Waals surface area contributed by atoms with Crippen LogP contribution in [0, 0.1) is 0 Å². The molecule has 1 amide bonds. The molecule has 2 aliphatic rings. The summed E-state index contributed by atoms with van der Waals surface area (Å²) in [5.74, 6) is 0.542. The highest BCUT2D eigenvalue weighted by atomic mass is 16.5. The first-order chi connectivity index (χ1) is 9.69. The van der Waals surface area contributed by atoms with E-state index < -0.39 is 0 Å². The summed E-state index contributed by atoms with van der Waals surface area (Å²) in [4.78, 5) is 25.2. The Kier molecular flexibility index (Phi) is 3.34. The topological polar surface area (TPSA) is 55.8 Å². The van der Waals surface area contributed by atoms with Crippen LogP contribution >= 0.6 is 0 Å². The Hall–Kier alpha value is -2.04. The van der Waals surface area contributed by atoms with Crippen molar-refractivity contribution in [2.24, 2.45) is 0 Å². The molecule has 0 spiro atoms. The normalized spacial score (nSPS) is 24.1. The number of β-lactam (4-membered cyclic amide) rings is 1. The number of ether oxygens (including phenoxy) is 2. The van der Waals surface area contributed by atoms with E-state index in [1.807, 2.05) is 24.3 Å². The largest absolute Gasteiger partial charge is 0.497 e. The van der Waals surface area contributed by atoms with Gasteiger partial charge in [0.1, 0.15) is 18.4 Å². The summed E-state index contributed by atoms with van der Waals surface area (Å²) in [5, 5.41) is 0. The number of amides is 1. The van der Waals surface area contributed by atoms with E-state index in [4.69, 9.17) is 9.47 Å². The molecule has 2 atom stereocenters. The Morgan fingerprint density at radius 1 is 1.30 bits per heavy atom.